The third-order valence-corrected chi connectivity index (χ3v) is 4.77. The maximum Gasteiger partial charge on any atom is 0.239 e. The number of rotatable bonds is 4. The number of aryl methyl sites for hydroxylation is 1. The maximum atomic E-state index is 12.9. The van der Waals surface area contributed by atoms with Gasteiger partial charge in [0.1, 0.15) is 0 Å². The van der Waals surface area contributed by atoms with Crippen molar-refractivity contribution in [1.29, 1.82) is 0 Å². The average molecular weight is 306 g/mol. The van der Waals surface area contributed by atoms with E-state index in [1.807, 2.05) is 30.9 Å². The minimum atomic E-state index is -0.0520. The molecule has 122 valence electrons. The van der Waals surface area contributed by atoms with Crippen molar-refractivity contribution >= 4 is 5.91 Å². The molecule has 2 aliphatic rings. The van der Waals surface area contributed by atoms with Crippen LogP contribution in [-0.2, 0) is 16.1 Å². The predicted molar refractivity (Wildman–Crippen MR) is 83.6 cm³/mol. The van der Waals surface area contributed by atoms with Crippen LogP contribution in [0.15, 0.2) is 12.4 Å². The summed E-state index contributed by atoms with van der Waals surface area (Å²) in [5.74, 6) is 0.258. The van der Waals surface area contributed by atoms with Crippen LogP contribution >= 0.6 is 0 Å². The van der Waals surface area contributed by atoms with E-state index in [1.165, 1.54) is 0 Å². The molecule has 6 nitrogen and oxygen atoms in total. The first-order chi connectivity index (χ1) is 10.6. The van der Waals surface area contributed by atoms with Gasteiger partial charge in [-0.3, -0.25) is 14.4 Å². The van der Waals surface area contributed by atoms with E-state index in [1.54, 1.807) is 0 Å². The van der Waals surface area contributed by atoms with E-state index in [4.69, 9.17) is 4.74 Å². The number of ether oxygens (including phenoxy) is 1. The smallest absolute Gasteiger partial charge is 0.239 e. The minimum absolute atomic E-state index is 0.0520. The highest BCUT2D eigenvalue weighted by Gasteiger charge is 2.34. The SMILES string of the molecule is Cc1cnn(C[C@H]2CCCN2C(=O)[C@@H](C)N2CCOCC2)c1. The van der Waals surface area contributed by atoms with Crippen LogP contribution in [-0.4, -0.2) is 70.4 Å². The summed E-state index contributed by atoms with van der Waals surface area (Å²) in [6.07, 6.45) is 6.08. The molecule has 6 heteroatoms. The zero-order valence-corrected chi connectivity index (χ0v) is 13.6. The van der Waals surface area contributed by atoms with E-state index >= 15 is 0 Å². The van der Waals surface area contributed by atoms with Crippen LogP contribution in [0.25, 0.3) is 0 Å². The summed E-state index contributed by atoms with van der Waals surface area (Å²) in [7, 11) is 0. The second kappa shape index (κ2) is 6.79. The first-order valence-electron chi connectivity index (χ1n) is 8.26. The van der Waals surface area contributed by atoms with Gasteiger partial charge in [-0.2, -0.15) is 5.10 Å². The number of morpholine rings is 1. The van der Waals surface area contributed by atoms with E-state index in [0.29, 0.717) is 0 Å². The fourth-order valence-corrected chi connectivity index (χ4v) is 3.46. The number of likely N-dealkylation sites (tertiary alicyclic amines) is 1. The van der Waals surface area contributed by atoms with Crippen LogP contribution < -0.4 is 0 Å². The fourth-order valence-electron chi connectivity index (χ4n) is 3.46. The molecule has 0 aliphatic carbocycles. The Labute approximate surface area is 132 Å². The summed E-state index contributed by atoms with van der Waals surface area (Å²) in [5.41, 5.74) is 1.16. The Balaban J connectivity index is 1.62. The van der Waals surface area contributed by atoms with Crippen LogP contribution in [0.1, 0.15) is 25.3 Å². The molecule has 2 fully saturated rings. The Morgan fingerprint density at radius 1 is 1.41 bits per heavy atom. The molecule has 0 aromatic carbocycles. The van der Waals surface area contributed by atoms with Gasteiger partial charge in [0.25, 0.3) is 0 Å². The Morgan fingerprint density at radius 2 is 2.18 bits per heavy atom. The molecule has 1 amide bonds. The third-order valence-electron chi connectivity index (χ3n) is 4.77. The van der Waals surface area contributed by atoms with Crippen molar-refractivity contribution in [3.8, 4) is 0 Å². The van der Waals surface area contributed by atoms with Crippen molar-refractivity contribution in [3.63, 3.8) is 0 Å². The molecule has 0 N–H and O–H groups in total. The Morgan fingerprint density at radius 3 is 2.86 bits per heavy atom. The predicted octanol–water partition coefficient (Wildman–Crippen LogP) is 0.903. The monoisotopic (exact) mass is 306 g/mol. The maximum absolute atomic E-state index is 12.9. The number of hydrogen-bond donors (Lipinski definition) is 0. The van der Waals surface area contributed by atoms with Crippen LogP contribution in [0.4, 0.5) is 0 Å². The largest absolute Gasteiger partial charge is 0.379 e. The molecule has 0 bridgehead atoms. The summed E-state index contributed by atoms with van der Waals surface area (Å²) in [5, 5.41) is 4.36. The van der Waals surface area contributed by atoms with Crippen molar-refractivity contribution < 1.29 is 9.53 Å². The Kier molecular flexibility index (Phi) is 4.78. The van der Waals surface area contributed by atoms with Crippen molar-refractivity contribution in [2.75, 3.05) is 32.8 Å². The second-order valence-electron chi connectivity index (χ2n) is 6.39. The highest BCUT2D eigenvalue weighted by Crippen LogP contribution is 2.21. The van der Waals surface area contributed by atoms with Gasteiger partial charge in [-0.1, -0.05) is 0 Å². The summed E-state index contributed by atoms with van der Waals surface area (Å²) in [4.78, 5) is 17.2. The van der Waals surface area contributed by atoms with Crippen LogP contribution in [0, 0.1) is 6.92 Å². The molecule has 22 heavy (non-hydrogen) atoms. The number of carbonyl (C=O) groups excluding carboxylic acids is 1. The molecule has 2 aliphatic heterocycles. The average Bonchev–Trinajstić information content (AvgIpc) is 3.16. The third kappa shape index (κ3) is 3.33. The summed E-state index contributed by atoms with van der Waals surface area (Å²) >= 11 is 0. The van der Waals surface area contributed by atoms with Gasteiger partial charge in [0, 0.05) is 25.8 Å². The lowest BCUT2D eigenvalue weighted by atomic mass is 10.2. The number of carbonyl (C=O) groups is 1. The van der Waals surface area contributed by atoms with Gasteiger partial charge >= 0.3 is 0 Å². The Hall–Kier alpha value is -1.40. The molecule has 1 aromatic heterocycles. The molecule has 0 saturated carbocycles. The lowest BCUT2D eigenvalue weighted by molar-refractivity contribution is -0.139. The number of aromatic nitrogens is 2. The van der Waals surface area contributed by atoms with E-state index in [-0.39, 0.29) is 18.0 Å². The highest BCUT2D eigenvalue weighted by atomic mass is 16.5. The Bertz CT molecular complexity index is 510. The molecule has 2 saturated heterocycles. The van der Waals surface area contributed by atoms with E-state index in [2.05, 4.69) is 14.9 Å². The molecule has 1 aromatic rings. The van der Waals surface area contributed by atoms with Crippen molar-refractivity contribution in [1.82, 2.24) is 19.6 Å². The lowest BCUT2D eigenvalue weighted by Gasteiger charge is -2.35. The van der Waals surface area contributed by atoms with Crippen LogP contribution in [0.5, 0.6) is 0 Å². The zero-order chi connectivity index (χ0) is 15.5. The van der Waals surface area contributed by atoms with Gasteiger partial charge in [-0.25, -0.2) is 0 Å². The molecular weight excluding hydrogens is 280 g/mol. The second-order valence-corrected chi connectivity index (χ2v) is 6.39. The minimum Gasteiger partial charge on any atom is -0.379 e. The topological polar surface area (TPSA) is 50.6 Å². The van der Waals surface area contributed by atoms with Crippen molar-refractivity contribution in [2.24, 2.45) is 0 Å². The zero-order valence-electron chi connectivity index (χ0n) is 13.6. The summed E-state index contributed by atoms with van der Waals surface area (Å²) < 4.78 is 7.34. The molecule has 2 atom stereocenters. The van der Waals surface area contributed by atoms with E-state index in [0.717, 1.165) is 57.8 Å². The first-order valence-corrected chi connectivity index (χ1v) is 8.26. The van der Waals surface area contributed by atoms with Gasteiger partial charge in [-0.05, 0) is 32.3 Å². The molecule has 0 radical (unpaired) electrons. The van der Waals surface area contributed by atoms with Crippen molar-refractivity contribution in [3.05, 3.63) is 18.0 Å². The van der Waals surface area contributed by atoms with E-state index in [9.17, 15) is 4.79 Å². The fraction of sp³-hybridized carbons (Fsp3) is 0.750. The first kappa shape index (κ1) is 15.5. The number of amides is 1. The molecule has 0 spiro atoms. The van der Waals surface area contributed by atoms with Gasteiger partial charge < -0.3 is 9.64 Å². The summed E-state index contributed by atoms with van der Waals surface area (Å²) in [6, 6.07) is 0.221. The normalized spacial score (nSPS) is 24.6. The van der Waals surface area contributed by atoms with Crippen LogP contribution in [0.3, 0.4) is 0 Å². The highest BCUT2D eigenvalue weighted by molar-refractivity contribution is 5.82. The lowest BCUT2D eigenvalue weighted by Crippen LogP contribution is -2.52. The molecule has 3 heterocycles. The van der Waals surface area contributed by atoms with Gasteiger partial charge in [0.15, 0.2) is 0 Å². The quantitative estimate of drug-likeness (QED) is 0.829. The van der Waals surface area contributed by atoms with Gasteiger partial charge in [0.05, 0.1) is 38.0 Å². The van der Waals surface area contributed by atoms with Crippen molar-refractivity contribution in [2.45, 2.75) is 45.3 Å². The number of nitrogens with zero attached hydrogens (tertiary/aromatic N) is 4. The molecule has 0 unspecified atom stereocenters. The van der Waals surface area contributed by atoms with Gasteiger partial charge in [-0.15, -0.1) is 0 Å². The van der Waals surface area contributed by atoms with E-state index < -0.39 is 0 Å². The molecule has 3 rings (SSSR count). The summed E-state index contributed by atoms with van der Waals surface area (Å²) in [6.45, 7) is 8.91. The molecular formula is C16H26N4O2. The van der Waals surface area contributed by atoms with Gasteiger partial charge in [0.2, 0.25) is 5.91 Å². The van der Waals surface area contributed by atoms with Crippen LogP contribution in [0.2, 0.25) is 0 Å². The number of hydrogen-bond acceptors (Lipinski definition) is 4. The standard InChI is InChI=1S/C16H26N4O2/c1-13-10-17-19(11-13)12-15-4-3-5-20(15)16(21)14(2)18-6-8-22-9-7-18/h10-11,14-15H,3-9,12H2,1-2H3/t14-,15-/m1/s1.